The van der Waals surface area contributed by atoms with E-state index in [1.54, 1.807) is 35.2 Å². The van der Waals surface area contributed by atoms with Gasteiger partial charge in [-0.3, -0.25) is 14.2 Å². The molecule has 3 aromatic carbocycles. The lowest BCUT2D eigenvalue weighted by molar-refractivity contribution is 0.0655. The van der Waals surface area contributed by atoms with Gasteiger partial charge in [0, 0.05) is 24.2 Å². The molecule has 0 fully saturated rings. The molecule has 38 heavy (non-hydrogen) atoms. The van der Waals surface area contributed by atoms with Crippen LogP contribution >= 0.6 is 15.9 Å². The lowest BCUT2D eigenvalue weighted by Gasteiger charge is -2.32. The second kappa shape index (κ2) is 11.3. The molecule has 9 heteroatoms. The molecule has 0 bridgehead atoms. The number of ether oxygens (including phenoxy) is 2. The van der Waals surface area contributed by atoms with Crippen molar-refractivity contribution >= 4 is 32.7 Å². The summed E-state index contributed by atoms with van der Waals surface area (Å²) in [7, 11) is 3.06. The van der Waals surface area contributed by atoms with Crippen LogP contribution in [0.15, 0.2) is 69.9 Å². The first-order valence-corrected chi connectivity index (χ1v) is 13.0. The first-order valence-electron chi connectivity index (χ1n) is 12.2. The van der Waals surface area contributed by atoms with E-state index >= 15 is 0 Å². The maximum atomic E-state index is 14.0. The molecular weight excluding hydrogens is 553 g/mol. The van der Waals surface area contributed by atoms with Gasteiger partial charge in [0.05, 0.1) is 41.3 Å². The third kappa shape index (κ3) is 5.29. The zero-order valence-corrected chi connectivity index (χ0v) is 23.5. The summed E-state index contributed by atoms with van der Waals surface area (Å²) in [5, 5.41) is 0.428. The van der Waals surface area contributed by atoms with Crippen LogP contribution in [0.25, 0.3) is 16.6 Å². The summed E-state index contributed by atoms with van der Waals surface area (Å²) in [4.78, 5) is 34.3. The fourth-order valence-electron chi connectivity index (χ4n) is 4.36. The maximum Gasteiger partial charge on any atom is 0.266 e. The molecule has 0 saturated heterocycles. The van der Waals surface area contributed by atoms with Crippen LogP contribution in [0.4, 0.5) is 4.39 Å². The molecule has 1 atom stereocenters. The Morgan fingerprint density at radius 1 is 1.05 bits per heavy atom. The highest BCUT2D eigenvalue weighted by Crippen LogP contribution is 2.37. The van der Waals surface area contributed by atoms with Crippen LogP contribution in [-0.4, -0.2) is 41.1 Å². The van der Waals surface area contributed by atoms with Gasteiger partial charge in [0.25, 0.3) is 11.5 Å². The van der Waals surface area contributed by atoms with Gasteiger partial charge in [-0.25, -0.2) is 9.37 Å². The highest BCUT2D eigenvalue weighted by Gasteiger charge is 2.29. The first-order chi connectivity index (χ1) is 18.2. The maximum absolute atomic E-state index is 14.0. The number of hydrogen-bond donors (Lipinski definition) is 0. The molecule has 1 amide bonds. The molecule has 4 rings (SSSR count). The van der Waals surface area contributed by atoms with Crippen LogP contribution in [0.2, 0.25) is 0 Å². The first kappa shape index (κ1) is 27.3. The Labute approximate surface area is 229 Å². The lowest BCUT2D eigenvalue weighted by Crippen LogP contribution is -2.39. The van der Waals surface area contributed by atoms with Crippen LogP contribution in [0.5, 0.6) is 11.5 Å². The van der Waals surface area contributed by atoms with Gasteiger partial charge < -0.3 is 14.4 Å². The Balaban J connectivity index is 1.99. The standard InChI is InChI=1S/C29H29BrFN3O4/c1-17(2)16-33(28(35)19-10-12-20(31)13-11-19)18(3)27-32-23-9-7-6-8-22(23)29(36)34(27)24-14-21(37-4)15-25(38-5)26(24)30/h6-15,17-18H,16H2,1-5H3. The number of amides is 1. The Kier molecular flexibility index (Phi) is 8.16. The van der Waals surface area contributed by atoms with Gasteiger partial charge in [-0.2, -0.15) is 0 Å². The fraction of sp³-hybridized carbons (Fsp3) is 0.276. The molecule has 0 aliphatic heterocycles. The van der Waals surface area contributed by atoms with E-state index in [0.717, 1.165) is 0 Å². The summed E-state index contributed by atoms with van der Waals surface area (Å²) in [6.07, 6.45) is 0. The van der Waals surface area contributed by atoms with E-state index in [-0.39, 0.29) is 17.4 Å². The van der Waals surface area contributed by atoms with Gasteiger partial charge in [0.1, 0.15) is 23.1 Å². The number of hydrogen-bond acceptors (Lipinski definition) is 5. The van der Waals surface area contributed by atoms with Gasteiger partial charge in [-0.15, -0.1) is 0 Å². The topological polar surface area (TPSA) is 73.7 Å². The Morgan fingerprint density at radius 2 is 1.74 bits per heavy atom. The van der Waals surface area contributed by atoms with Gasteiger partial charge in [0.15, 0.2) is 0 Å². The summed E-state index contributed by atoms with van der Waals surface area (Å²) in [5.74, 6) is 0.723. The number of fused-ring (bicyclic) bond motifs is 1. The monoisotopic (exact) mass is 581 g/mol. The van der Waals surface area contributed by atoms with E-state index in [1.807, 2.05) is 26.8 Å². The Morgan fingerprint density at radius 3 is 2.37 bits per heavy atom. The molecule has 0 saturated carbocycles. The molecule has 1 unspecified atom stereocenters. The van der Waals surface area contributed by atoms with Crippen LogP contribution < -0.4 is 15.0 Å². The number of halogens is 2. The number of aromatic nitrogens is 2. The zero-order chi connectivity index (χ0) is 27.6. The van der Waals surface area contributed by atoms with Crippen LogP contribution in [-0.2, 0) is 0 Å². The van der Waals surface area contributed by atoms with Crippen molar-refractivity contribution in [2.75, 3.05) is 20.8 Å². The average Bonchev–Trinajstić information content (AvgIpc) is 2.91. The molecule has 0 radical (unpaired) electrons. The minimum atomic E-state index is -0.628. The number of benzene rings is 3. The van der Waals surface area contributed by atoms with Crippen molar-refractivity contribution < 1.29 is 18.7 Å². The van der Waals surface area contributed by atoms with E-state index in [0.29, 0.717) is 50.5 Å². The summed E-state index contributed by atoms with van der Waals surface area (Å²) in [6, 6.07) is 15.3. The zero-order valence-electron chi connectivity index (χ0n) is 21.9. The third-order valence-electron chi connectivity index (χ3n) is 6.25. The Bertz CT molecular complexity index is 1540. The second-order valence-electron chi connectivity index (χ2n) is 9.32. The molecule has 0 aliphatic rings. The molecular formula is C29H29BrFN3O4. The molecule has 0 spiro atoms. The number of carbonyl (C=O) groups is 1. The van der Waals surface area contributed by atoms with Gasteiger partial charge in [-0.1, -0.05) is 26.0 Å². The average molecular weight is 582 g/mol. The SMILES string of the molecule is COc1cc(OC)c(Br)c(-n2c(C(C)N(CC(C)C)C(=O)c3ccc(F)cc3)nc3ccccc3c2=O)c1. The van der Waals surface area contributed by atoms with E-state index in [4.69, 9.17) is 14.5 Å². The van der Waals surface area contributed by atoms with Crippen molar-refractivity contribution in [1.29, 1.82) is 0 Å². The minimum Gasteiger partial charge on any atom is -0.497 e. The smallest absolute Gasteiger partial charge is 0.266 e. The molecule has 7 nitrogen and oxygen atoms in total. The van der Waals surface area contributed by atoms with E-state index in [9.17, 15) is 14.0 Å². The van der Waals surface area contributed by atoms with Crippen molar-refractivity contribution in [2.45, 2.75) is 26.8 Å². The molecule has 1 heterocycles. The van der Waals surface area contributed by atoms with Crippen molar-refractivity contribution in [2.24, 2.45) is 5.92 Å². The summed E-state index contributed by atoms with van der Waals surface area (Å²) < 4.78 is 26.6. The Hall–Kier alpha value is -3.72. The molecule has 198 valence electrons. The molecule has 1 aromatic heterocycles. The van der Waals surface area contributed by atoms with E-state index in [1.165, 1.54) is 43.1 Å². The molecule has 4 aromatic rings. The van der Waals surface area contributed by atoms with Gasteiger partial charge in [0.2, 0.25) is 0 Å². The third-order valence-corrected chi connectivity index (χ3v) is 7.04. The number of methoxy groups -OCH3 is 2. The van der Waals surface area contributed by atoms with Gasteiger partial charge in [-0.05, 0) is 65.2 Å². The summed E-state index contributed by atoms with van der Waals surface area (Å²) >= 11 is 3.59. The van der Waals surface area contributed by atoms with Crippen molar-refractivity contribution in [3.05, 3.63) is 92.7 Å². The number of carbonyl (C=O) groups excluding carboxylic acids is 1. The van der Waals surface area contributed by atoms with E-state index in [2.05, 4.69) is 15.9 Å². The highest BCUT2D eigenvalue weighted by atomic mass is 79.9. The van der Waals surface area contributed by atoms with Crippen LogP contribution in [0.3, 0.4) is 0 Å². The van der Waals surface area contributed by atoms with Gasteiger partial charge >= 0.3 is 0 Å². The van der Waals surface area contributed by atoms with Crippen LogP contribution in [0.1, 0.15) is 43.0 Å². The summed E-state index contributed by atoms with van der Waals surface area (Å²) in [5.41, 5.74) is 1.02. The number of nitrogens with zero attached hydrogens (tertiary/aromatic N) is 3. The van der Waals surface area contributed by atoms with Crippen molar-refractivity contribution in [3.8, 4) is 17.2 Å². The predicted molar refractivity (Wildman–Crippen MR) is 149 cm³/mol. The normalized spacial score (nSPS) is 12.0. The fourth-order valence-corrected chi connectivity index (χ4v) is 4.93. The molecule has 0 aliphatic carbocycles. The van der Waals surface area contributed by atoms with E-state index < -0.39 is 11.9 Å². The van der Waals surface area contributed by atoms with Crippen LogP contribution in [0, 0.1) is 11.7 Å². The van der Waals surface area contributed by atoms with Crippen molar-refractivity contribution in [1.82, 2.24) is 14.5 Å². The van der Waals surface area contributed by atoms with Crippen molar-refractivity contribution in [3.63, 3.8) is 0 Å². The second-order valence-corrected chi connectivity index (χ2v) is 10.1. The minimum absolute atomic E-state index is 0.117. The quantitative estimate of drug-likeness (QED) is 0.249. The number of rotatable bonds is 8. The molecule has 0 N–H and O–H groups in total. The predicted octanol–water partition coefficient (Wildman–Crippen LogP) is 6.16. The largest absolute Gasteiger partial charge is 0.497 e. The summed E-state index contributed by atoms with van der Waals surface area (Å²) in [6.45, 7) is 6.23. The lowest BCUT2D eigenvalue weighted by atomic mass is 10.1. The highest BCUT2D eigenvalue weighted by molar-refractivity contribution is 9.10. The number of para-hydroxylation sites is 1.